The number of halogens is 2. The number of ether oxygens (including phenoxy) is 1. The molecule has 0 saturated heterocycles. The fourth-order valence-electron chi connectivity index (χ4n) is 2.92. The number of anilines is 1. The number of nitrogens with zero attached hydrogens (tertiary/aromatic N) is 1. The Morgan fingerprint density at radius 1 is 1.06 bits per heavy atom. The summed E-state index contributed by atoms with van der Waals surface area (Å²) in [5, 5.41) is 12.3. The molecule has 0 radical (unpaired) electrons. The van der Waals surface area contributed by atoms with E-state index in [0.29, 0.717) is 12.4 Å². The quantitative estimate of drug-likeness (QED) is 0.262. The molecular weight excluding hydrogens is 520 g/mol. The van der Waals surface area contributed by atoms with Gasteiger partial charge in [0, 0.05) is 20.2 Å². The summed E-state index contributed by atoms with van der Waals surface area (Å²) in [5.41, 5.74) is 3.56. The van der Waals surface area contributed by atoms with Crippen LogP contribution in [-0.4, -0.2) is 5.91 Å². The number of nitriles is 1. The molecule has 3 aromatic rings. The van der Waals surface area contributed by atoms with Gasteiger partial charge in [-0.2, -0.15) is 5.26 Å². The lowest BCUT2D eigenvalue weighted by molar-refractivity contribution is -0.112. The van der Waals surface area contributed by atoms with Crippen molar-refractivity contribution in [2.45, 2.75) is 20.0 Å². The van der Waals surface area contributed by atoms with E-state index >= 15 is 0 Å². The van der Waals surface area contributed by atoms with Gasteiger partial charge in [0.2, 0.25) is 0 Å². The highest BCUT2D eigenvalue weighted by Gasteiger charge is 2.11. The molecule has 0 aliphatic carbocycles. The van der Waals surface area contributed by atoms with E-state index in [1.165, 1.54) is 0 Å². The van der Waals surface area contributed by atoms with E-state index < -0.39 is 5.91 Å². The van der Waals surface area contributed by atoms with Gasteiger partial charge in [-0.15, -0.1) is 0 Å². The van der Waals surface area contributed by atoms with E-state index in [2.05, 4.69) is 37.2 Å². The zero-order valence-corrected chi connectivity index (χ0v) is 20.0. The predicted molar refractivity (Wildman–Crippen MR) is 131 cm³/mol. The van der Waals surface area contributed by atoms with Gasteiger partial charge in [0.25, 0.3) is 5.91 Å². The molecule has 0 aromatic heterocycles. The van der Waals surface area contributed by atoms with Crippen molar-refractivity contribution in [2.24, 2.45) is 0 Å². The van der Waals surface area contributed by atoms with E-state index in [0.717, 1.165) is 37.7 Å². The minimum absolute atomic E-state index is 0.0402. The molecule has 31 heavy (non-hydrogen) atoms. The van der Waals surface area contributed by atoms with Crippen LogP contribution in [0.15, 0.2) is 81.2 Å². The molecule has 0 saturated carbocycles. The van der Waals surface area contributed by atoms with Gasteiger partial charge in [0.15, 0.2) is 0 Å². The Kier molecular flexibility index (Phi) is 8.05. The molecular formula is C25H20Br2N2O2. The molecule has 0 bridgehead atoms. The molecule has 0 heterocycles. The van der Waals surface area contributed by atoms with Crippen LogP contribution in [0.5, 0.6) is 5.75 Å². The molecule has 0 aliphatic rings. The van der Waals surface area contributed by atoms with E-state index in [-0.39, 0.29) is 5.57 Å². The highest BCUT2D eigenvalue weighted by molar-refractivity contribution is 9.11. The molecule has 0 unspecified atom stereocenters. The first-order valence-electron chi connectivity index (χ1n) is 9.68. The van der Waals surface area contributed by atoms with Crippen LogP contribution in [0.2, 0.25) is 0 Å². The van der Waals surface area contributed by atoms with Crippen molar-refractivity contribution < 1.29 is 9.53 Å². The molecule has 156 valence electrons. The molecule has 0 fully saturated rings. The van der Waals surface area contributed by atoms with Gasteiger partial charge >= 0.3 is 0 Å². The summed E-state index contributed by atoms with van der Waals surface area (Å²) in [6.45, 7) is 2.44. The Morgan fingerprint density at radius 2 is 1.81 bits per heavy atom. The van der Waals surface area contributed by atoms with Crippen LogP contribution in [0, 0.1) is 11.3 Å². The number of carbonyl (C=O) groups is 1. The number of hydrogen-bond acceptors (Lipinski definition) is 3. The summed E-state index contributed by atoms with van der Waals surface area (Å²) in [6.07, 6.45) is 2.36. The third-order valence-electron chi connectivity index (χ3n) is 4.61. The summed E-state index contributed by atoms with van der Waals surface area (Å²) in [7, 11) is 0. The Morgan fingerprint density at radius 3 is 2.48 bits per heavy atom. The number of aryl methyl sites for hydroxylation is 1. The third kappa shape index (κ3) is 6.30. The van der Waals surface area contributed by atoms with Gasteiger partial charge < -0.3 is 10.1 Å². The van der Waals surface area contributed by atoms with Crippen LogP contribution in [0.4, 0.5) is 5.69 Å². The highest BCUT2D eigenvalue weighted by atomic mass is 79.9. The van der Waals surface area contributed by atoms with Crippen molar-refractivity contribution in [3.05, 3.63) is 97.9 Å². The topological polar surface area (TPSA) is 62.1 Å². The summed E-state index contributed by atoms with van der Waals surface area (Å²) in [5.74, 6) is 0.274. The second kappa shape index (κ2) is 10.9. The number of amides is 1. The minimum atomic E-state index is -0.427. The molecule has 0 atom stereocenters. The molecule has 0 aliphatic heterocycles. The molecule has 1 N–H and O–H groups in total. The van der Waals surface area contributed by atoms with Crippen LogP contribution in [-0.2, 0) is 17.8 Å². The summed E-state index contributed by atoms with van der Waals surface area (Å²) >= 11 is 6.96. The van der Waals surface area contributed by atoms with Crippen LogP contribution < -0.4 is 10.1 Å². The van der Waals surface area contributed by atoms with Crippen molar-refractivity contribution in [1.82, 2.24) is 0 Å². The molecule has 3 rings (SSSR count). The maximum Gasteiger partial charge on any atom is 0.266 e. The number of rotatable bonds is 7. The minimum Gasteiger partial charge on any atom is -0.489 e. The van der Waals surface area contributed by atoms with Gasteiger partial charge in [-0.05, 0) is 54.0 Å². The molecule has 1 amide bonds. The lowest BCUT2D eigenvalue weighted by atomic mass is 10.1. The lowest BCUT2D eigenvalue weighted by Crippen LogP contribution is -2.14. The molecule has 0 spiro atoms. The average molecular weight is 540 g/mol. The monoisotopic (exact) mass is 538 g/mol. The zero-order chi connectivity index (χ0) is 22.2. The predicted octanol–water partition coefficient (Wildman–Crippen LogP) is 6.90. The first-order valence-corrected chi connectivity index (χ1v) is 11.3. The van der Waals surface area contributed by atoms with Crippen molar-refractivity contribution >= 4 is 49.5 Å². The maximum absolute atomic E-state index is 12.6. The van der Waals surface area contributed by atoms with Crippen LogP contribution in [0.3, 0.4) is 0 Å². The van der Waals surface area contributed by atoms with Crippen molar-refractivity contribution in [3.8, 4) is 11.8 Å². The first kappa shape index (κ1) is 22.8. The van der Waals surface area contributed by atoms with E-state index in [4.69, 9.17) is 4.74 Å². The number of carbonyl (C=O) groups excluding carboxylic acids is 1. The fraction of sp³-hybridized carbons (Fsp3) is 0.120. The Labute approximate surface area is 198 Å². The van der Waals surface area contributed by atoms with Crippen LogP contribution in [0.25, 0.3) is 6.08 Å². The smallest absolute Gasteiger partial charge is 0.266 e. The summed E-state index contributed by atoms with van der Waals surface area (Å²) in [4.78, 5) is 12.6. The number of para-hydroxylation sites is 1. The normalized spacial score (nSPS) is 11.0. The maximum atomic E-state index is 12.6. The van der Waals surface area contributed by atoms with Crippen molar-refractivity contribution in [1.29, 1.82) is 5.26 Å². The largest absolute Gasteiger partial charge is 0.489 e. The van der Waals surface area contributed by atoms with Gasteiger partial charge in [0.05, 0.1) is 0 Å². The molecule has 6 heteroatoms. The highest BCUT2D eigenvalue weighted by Crippen LogP contribution is 2.24. The molecule has 3 aromatic carbocycles. The summed E-state index contributed by atoms with van der Waals surface area (Å²) < 4.78 is 7.80. The van der Waals surface area contributed by atoms with Crippen LogP contribution >= 0.6 is 31.9 Å². The van der Waals surface area contributed by atoms with E-state index in [1.54, 1.807) is 6.08 Å². The second-order valence-corrected chi connectivity index (χ2v) is 8.50. The number of nitrogens with one attached hydrogen (secondary N) is 1. The Hall–Kier alpha value is -2.88. The van der Waals surface area contributed by atoms with E-state index in [1.807, 2.05) is 79.7 Å². The van der Waals surface area contributed by atoms with Gasteiger partial charge in [-0.3, -0.25) is 4.79 Å². The third-order valence-corrected chi connectivity index (χ3v) is 5.84. The average Bonchev–Trinajstić information content (AvgIpc) is 2.78. The van der Waals surface area contributed by atoms with Gasteiger partial charge in [0.1, 0.15) is 24.0 Å². The number of hydrogen-bond donors (Lipinski definition) is 1. The van der Waals surface area contributed by atoms with Gasteiger partial charge in [-0.25, -0.2) is 0 Å². The standard InChI is InChI=1S/C25H20Br2N2O2/c1-2-18-5-3-4-6-24(18)29-25(30)20(15-28)13-17-7-11-22(12-8-17)31-16-19-9-10-21(26)14-23(19)27/h3-14H,2,16H2,1H3,(H,29,30)/b20-13-. The zero-order valence-electron chi connectivity index (χ0n) is 16.9. The molecule has 4 nitrogen and oxygen atoms in total. The number of benzene rings is 3. The Bertz CT molecular complexity index is 1150. The lowest BCUT2D eigenvalue weighted by Gasteiger charge is -2.10. The fourth-order valence-corrected chi connectivity index (χ4v) is 4.08. The van der Waals surface area contributed by atoms with Crippen molar-refractivity contribution in [2.75, 3.05) is 5.32 Å². The SMILES string of the molecule is CCc1ccccc1NC(=O)/C(C#N)=C\c1ccc(OCc2ccc(Br)cc2Br)cc1. The van der Waals surface area contributed by atoms with Crippen molar-refractivity contribution in [3.63, 3.8) is 0 Å². The summed E-state index contributed by atoms with van der Waals surface area (Å²) in [6, 6.07) is 22.7. The Balaban J connectivity index is 1.67. The first-order chi connectivity index (χ1) is 15.0. The second-order valence-electron chi connectivity index (χ2n) is 6.73. The van der Waals surface area contributed by atoms with Gasteiger partial charge in [-0.1, -0.05) is 75.2 Å². The van der Waals surface area contributed by atoms with E-state index in [9.17, 15) is 10.1 Å². The van der Waals surface area contributed by atoms with Crippen LogP contribution in [0.1, 0.15) is 23.6 Å².